The van der Waals surface area contributed by atoms with E-state index in [2.05, 4.69) is 12.2 Å². The molecule has 0 saturated heterocycles. The molecule has 2 amide bonds. The number of hydrogen-bond donors (Lipinski definition) is 1. The lowest BCUT2D eigenvalue weighted by molar-refractivity contribution is -0.142. The largest absolute Gasteiger partial charge is 0.484 e. The molecule has 0 heterocycles. The van der Waals surface area contributed by atoms with E-state index in [4.69, 9.17) is 27.9 Å². The number of nitrogens with one attached hydrogen (secondary N) is 1. The van der Waals surface area contributed by atoms with Crippen molar-refractivity contribution < 1.29 is 14.3 Å². The second-order valence-electron chi connectivity index (χ2n) is 8.22. The predicted molar refractivity (Wildman–Crippen MR) is 141 cm³/mol. The molecule has 0 aliphatic heterocycles. The van der Waals surface area contributed by atoms with E-state index < -0.39 is 6.04 Å². The summed E-state index contributed by atoms with van der Waals surface area (Å²) in [5, 5.41) is 3.82. The fourth-order valence-electron chi connectivity index (χ4n) is 3.64. The highest BCUT2D eigenvalue weighted by atomic mass is 35.5. The van der Waals surface area contributed by atoms with Gasteiger partial charge in [0.1, 0.15) is 11.8 Å². The van der Waals surface area contributed by atoms with Crippen LogP contribution in [0, 0.1) is 0 Å². The van der Waals surface area contributed by atoms with Crippen molar-refractivity contribution in [2.75, 3.05) is 13.2 Å². The molecule has 0 spiro atoms. The van der Waals surface area contributed by atoms with Crippen LogP contribution < -0.4 is 10.1 Å². The molecule has 0 aliphatic carbocycles. The van der Waals surface area contributed by atoms with Gasteiger partial charge >= 0.3 is 0 Å². The van der Waals surface area contributed by atoms with Gasteiger partial charge in [-0.25, -0.2) is 0 Å². The Hall–Kier alpha value is -3.02. The third kappa shape index (κ3) is 8.30. The molecule has 1 atom stereocenters. The zero-order valence-electron chi connectivity index (χ0n) is 19.8. The molecule has 0 aliphatic rings. The smallest absolute Gasteiger partial charge is 0.261 e. The van der Waals surface area contributed by atoms with Crippen LogP contribution in [-0.2, 0) is 22.6 Å². The van der Waals surface area contributed by atoms with Crippen molar-refractivity contribution in [1.29, 1.82) is 0 Å². The minimum atomic E-state index is -0.726. The number of amides is 2. The number of para-hydroxylation sites is 1. The van der Waals surface area contributed by atoms with Gasteiger partial charge in [-0.1, -0.05) is 91.1 Å². The first-order chi connectivity index (χ1) is 17.0. The summed E-state index contributed by atoms with van der Waals surface area (Å²) in [6.45, 7) is 2.61. The van der Waals surface area contributed by atoms with E-state index in [9.17, 15) is 9.59 Å². The van der Waals surface area contributed by atoms with Crippen LogP contribution in [0.25, 0.3) is 0 Å². The molecule has 0 radical (unpaired) electrons. The highest BCUT2D eigenvalue weighted by Crippen LogP contribution is 2.24. The van der Waals surface area contributed by atoms with E-state index in [1.54, 1.807) is 35.2 Å². The van der Waals surface area contributed by atoms with Crippen LogP contribution in [0.3, 0.4) is 0 Å². The Labute approximate surface area is 217 Å². The fourth-order valence-corrected chi connectivity index (χ4v) is 3.96. The van der Waals surface area contributed by atoms with Crippen molar-refractivity contribution in [1.82, 2.24) is 10.2 Å². The first-order valence-corrected chi connectivity index (χ1v) is 12.5. The monoisotopic (exact) mass is 512 g/mol. The van der Waals surface area contributed by atoms with Crippen molar-refractivity contribution in [3.63, 3.8) is 0 Å². The first-order valence-electron chi connectivity index (χ1n) is 11.7. The second-order valence-corrected chi connectivity index (χ2v) is 9.04. The normalized spacial score (nSPS) is 11.5. The van der Waals surface area contributed by atoms with Crippen LogP contribution in [0.2, 0.25) is 10.0 Å². The van der Waals surface area contributed by atoms with Crippen molar-refractivity contribution in [2.24, 2.45) is 0 Å². The summed E-state index contributed by atoms with van der Waals surface area (Å²) >= 11 is 12.3. The van der Waals surface area contributed by atoms with Gasteiger partial charge in [0.2, 0.25) is 5.91 Å². The number of halogens is 2. The Kier molecular flexibility index (Phi) is 10.5. The second kappa shape index (κ2) is 13.8. The van der Waals surface area contributed by atoms with Gasteiger partial charge in [0, 0.05) is 19.5 Å². The lowest BCUT2D eigenvalue weighted by atomic mass is 10.0. The minimum absolute atomic E-state index is 0.187. The molecule has 35 heavy (non-hydrogen) atoms. The summed E-state index contributed by atoms with van der Waals surface area (Å²) in [4.78, 5) is 28.4. The van der Waals surface area contributed by atoms with Gasteiger partial charge < -0.3 is 15.0 Å². The number of rotatable bonds is 12. The number of ether oxygens (including phenoxy) is 1. The van der Waals surface area contributed by atoms with Gasteiger partial charge in [-0.15, -0.1) is 0 Å². The fraction of sp³-hybridized carbons (Fsp3) is 0.286. The SMILES string of the molecule is CCCCNC(=O)[C@@H](Cc1ccccc1)N(Cc1ccc(Cl)c(Cl)c1)C(=O)COc1ccccc1. The molecule has 184 valence electrons. The first kappa shape index (κ1) is 26.6. The number of carbonyl (C=O) groups is 2. The molecule has 3 aromatic rings. The standard InChI is InChI=1S/C28H30Cl2N2O3/c1-2-3-16-31-28(34)26(18-21-10-6-4-7-11-21)32(19-22-14-15-24(29)25(30)17-22)27(33)20-35-23-12-8-5-9-13-23/h4-15,17,26H,2-3,16,18-20H2,1H3,(H,31,34)/t26-/m1/s1. The third-order valence-electron chi connectivity index (χ3n) is 5.54. The maximum absolute atomic E-state index is 13.5. The molecule has 0 bridgehead atoms. The summed E-state index contributed by atoms with van der Waals surface area (Å²) < 4.78 is 5.74. The number of hydrogen-bond acceptors (Lipinski definition) is 3. The summed E-state index contributed by atoms with van der Waals surface area (Å²) in [7, 11) is 0. The van der Waals surface area contributed by atoms with Gasteiger partial charge in [-0.05, 0) is 41.8 Å². The Balaban J connectivity index is 1.90. The summed E-state index contributed by atoms with van der Waals surface area (Å²) in [5.74, 6) is 0.0873. The van der Waals surface area contributed by atoms with E-state index in [0.717, 1.165) is 24.0 Å². The predicted octanol–water partition coefficient (Wildman–Crippen LogP) is 5.93. The van der Waals surface area contributed by atoms with Crippen LogP contribution in [0.1, 0.15) is 30.9 Å². The van der Waals surface area contributed by atoms with Gasteiger partial charge in [0.25, 0.3) is 5.91 Å². The molecule has 0 unspecified atom stereocenters. The average Bonchev–Trinajstić information content (AvgIpc) is 2.88. The maximum atomic E-state index is 13.5. The molecule has 5 nitrogen and oxygen atoms in total. The Bertz CT molecular complexity index is 1090. The summed E-state index contributed by atoms with van der Waals surface area (Å²) in [6, 6.07) is 23.3. The molecule has 7 heteroatoms. The van der Waals surface area contributed by atoms with Crippen molar-refractivity contribution in [3.05, 3.63) is 100 Å². The lowest BCUT2D eigenvalue weighted by Crippen LogP contribution is -2.51. The topological polar surface area (TPSA) is 58.6 Å². The maximum Gasteiger partial charge on any atom is 0.261 e. The minimum Gasteiger partial charge on any atom is -0.484 e. The number of nitrogens with zero attached hydrogens (tertiary/aromatic N) is 1. The molecule has 0 aromatic heterocycles. The molecular formula is C28H30Cl2N2O3. The molecule has 0 saturated carbocycles. The highest BCUT2D eigenvalue weighted by Gasteiger charge is 2.30. The molecule has 0 fully saturated rings. The summed E-state index contributed by atoms with van der Waals surface area (Å²) in [5.41, 5.74) is 1.73. The Morgan fingerprint density at radius 1 is 0.914 bits per heavy atom. The van der Waals surface area contributed by atoms with E-state index in [0.29, 0.717) is 28.8 Å². The van der Waals surface area contributed by atoms with Crippen LogP contribution in [0.15, 0.2) is 78.9 Å². The number of benzene rings is 3. The van der Waals surface area contributed by atoms with Crippen LogP contribution >= 0.6 is 23.2 Å². The van der Waals surface area contributed by atoms with Gasteiger partial charge in [-0.3, -0.25) is 9.59 Å². The van der Waals surface area contributed by atoms with Gasteiger partial charge in [0.05, 0.1) is 10.0 Å². The Morgan fingerprint density at radius 2 is 1.60 bits per heavy atom. The zero-order chi connectivity index (χ0) is 25.0. The average molecular weight is 513 g/mol. The van der Waals surface area contributed by atoms with E-state index in [1.807, 2.05) is 48.5 Å². The molecule has 3 aromatic carbocycles. The Morgan fingerprint density at radius 3 is 2.26 bits per heavy atom. The molecule has 1 N–H and O–H groups in total. The lowest BCUT2D eigenvalue weighted by Gasteiger charge is -2.31. The van der Waals surface area contributed by atoms with Gasteiger partial charge in [0.15, 0.2) is 6.61 Å². The number of unbranched alkanes of at least 4 members (excludes halogenated alkanes) is 1. The van der Waals surface area contributed by atoms with Crippen LogP contribution in [0.5, 0.6) is 5.75 Å². The van der Waals surface area contributed by atoms with E-state index >= 15 is 0 Å². The summed E-state index contributed by atoms with van der Waals surface area (Å²) in [6.07, 6.45) is 2.19. The third-order valence-corrected chi connectivity index (χ3v) is 6.28. The number of carbonyl (C=O) groups excluding carboxylic acids is 2. The molecule has 3 rings (SSSR count). The van der Waals surface area contributed by atoms with Crippen LogP contribution in [0.4, 0.5) is 0 Å². The van der Waals surface area contributed by atoms with Crippen molar-refractivity contribution in [2.45, 2.75) is 38.8 Å². The quantitative estimate of drug-likeness (QED) is 0.306. The zero-order valence-corrected chi connectivity index (χ0v) is 21.3. The molecular weight excluding hydrogens is 483 g/mol. The highest BCUT2D eigenvalue weighted by molar-refractivity contribution is 6.42. The van der Waals surface area contributed by atoms with E-state index in [1.165, 1.54) is 0 Å². The van der Waals surface area contributed by atoms with Crippen molar-refractivity contribution in [3.8, 4) is 5.75 Å². The van der Waals surface area contributed by atoms with Gasteiger partial charge in [-0.2, -0.15) is 0 Å². The van der Waals surface area contributed by atoms with Crippen molar-refractivity contribution >= 4 is 35.0 Å². The van der Waals surface area contributed by atoms with E-state index in [-0.39, 0.29) is 25.0 Å². The van der Waals surface area contributed by atoms with Crippen LogP contribution in [-0.4, -0.2) is 35.9 Å².